The molecular weight excluding hydrogens is 682 g/mol. The Labute approximate surface area is 266 Å². The number of ether oxygens (including phenoxy) is 2. The first-order valence-corrected chi connectivity index (χ1v) is 12.8. The smallest absolute Gasteiger partial charge is 0.411 e. The first-order valence-electron chi connectivity index (χ1n) is 12.8. The van der Waals surface area contributed by atoms with E-state index in [-0.39, 0.29) is 12.1 Å². The van der Waals surface area contributed by atoms with E-state index < -0.39 is 106 Å². The summed E-state index contributed by atoms with van der Waals surface area (Å²) in [7, 11) is 0. The van der Waals surface area contributed by atoms with E-state index in [1.165, 1.54) is 0 Å². The number of rotatable bonds is 10. The highest BCUT2D eigenvalue weighted by Crippen LogP contribution is 2.57. The van der Waals surface area contributed by atoms with Crippen LogP contribution < -0.4 is 20.9 Å². The molecule has 0 amide bonds. The molecule has 256 valence electrons. The highest BCUT2D eigenvalue weighted by atomic mass is 19.4. The monoisotopic (exact) mass is 698 g/mol. The van der Waals surface area contributed by atoms with Crippen molar-refractivity contribution in [2.45, 2.75) is 17.8 Å². The third-order valence-electron chi connectivity index (χ3n) is 6.88. The van der Waals surface area contributed by atoms with E-state index in [2.05, 4.69) is 0 Å². The molecule has 4 aromatic rings. The van der Waals surface area contributed by atoms with Crippen LogP contribution in [0.4, 0.5) is 60.5 Å². The lowest BCUT2D eigenvalue weighted by Gasteiger charge is -2.38. The summed E-state index contributed by atoms with van der Waals surface area (Å²) in [5.74, 6) is -2.65. The molecule has 4 N–H and O–H groups in total. The van der Waals surface area contributed by atoms with Gasteiger partial charge < -0.3 is 20.9 Å². The highest BCUT2D eigenvalue weighted by Gasteiger charge is 2.72. The van der Waals surface area contributed by atoms with Gasteiger partial charge in [0, 0.05) is 12.1 Å². The van der Waals surface area contributed by atoms with Gasteiger partial charge in [-0.1, -0.05) is 12.1 Å². The predicted molar refractivity (Wildman–Crippen MR) is 154 cm³/mol. The third-order valence-corrected chi connectivity index (χ3v) is 6.88. The summed E-state index contributed by atoms with van der Waals surface area (Å²) in [6, 6.07) is 6.48. The van der Waals surface area contributed by atoms with Gasteiger partial charge in [-0.25, -0.2) is 0 Å². The molecule has 0 unspecified atom stereocenters. The molecule has 0 bridgehead atoms. The summed E-state index contributed by atoms with van der Waals surface area (Å²) in [4.78, 5) is 40.7. The van der Waals surface area contributed by atoms with Gasteiger partial charge in [-0.05, 0) is 47.5 Å². The van der Waals surface area contributed by atoms with Crippen LogP contribution in [0.1, 0.15) is 11.1 Å². The normalized spacial score (nSPS) is 11.9. The van der Waals surface area contributed by atoms with Gasteiger partial charge in [0.05, 0.1) is 43.2 Å². The van der Waals surface area contributed by atoms with Crippen molar-refractivity contribution in [3.63, 3.8) is 0 Å². The van der Waals surface area contributed by atoms with Gasteiger partial charge in [-0.15, -0.1) is 0 Å². The Hall–Kier alpha value is -6.74. The molecule has 0 atom stereocenters. The number of nitrogen functional groups attached to an aromatic ring is 2. The Morgan fingerprint density at radius 3 is 1.08 bits per heavy atom. The van der Waals surface area contributed by atoms with E-state index in [0.717, 1.165) is 24.3 Å². The largest absolute Gasteiger partial charge is 0.448 e. The van der Waals surface area contributed by atoms with Crippen molar-refractivity contribution < 1.29 is 55.5 Å². The van der Waals surface area contributed by atoms with Crippen LogP contribution in [0.15, 0.2) is 72.8 Å². The van der Waals surface area contributed by atoms with Crippen LogP contribution in [0.2, 0.25) is 0 Å². The molecule has 0 aliphatic rings. The lowest BCUT2D eigenvalue weighted by atomic mass is 9.72. The summed E-state index contributed by atoms with van der Waals surface area (Å²) in [6.07, 6.45) is -12.3. The lowest BCUT2D eigenvalue weighted by molar-refractivity contribution is -0.394. The molecule has 4 aromatic carbocycles. The lowest BCUT2D eigenvalue weighted by Crippen LogP contribution is -2.54. The summed E-state index contributed by atoms with van der Waals surface area (Å²) < 4.78 is 99.1. The van der Waals surface area contributed by atoms with Crippen molar-refractivity contribution in [2.24, 2.45) is 0 Å². The topological polar surface area (TPSA) is 243 Å². The van der Waals surface area contributed by atoms with E-state index >= 15 is 0 Å². The number of non-ortho nitro benzene ring substituents is 2. The van der Waals surface area contributed by atoms with Crippen LogP contribution in [0.25, 0.3) is 0 Å². The standard InChI is InChI=1S/C27H16F6N6O10/c28-26(29,30)25(27(31,32)33,13-1-5-21(17(34)9-13)48-23-7-3-15(36(40)41)11-19(23)38(44)45)14-2-6-22(18(35)10-14)49-24-8-4-16(37(42)43)12-20(24)39(46)47/h1-12H,34-35H2. The van der Waals surface area contributed by atoms with Crippen molar-refractivity contribution >= 4 is 34.1 Å². The Kier molecular flexibility index (Phi) is 8.93. The van der Waals surface area contributed by atoms with Crippen LogP contribution >= 0.6 is 0 Å². The van der Waals surface area contributed by atoms with Crippen molar-refractivity contribution in [3.05, 3.63) is 124 Å². The molecule has 0 aliphatic heterocycles. The van der Waals surface area contributed by atoms with E-state index in [1.54, 1.807) is 0 Å². The molecule has 22 heteroatoms. The van der Waals surface area contributed by atoms with Gasteiger partial charge in [0.2, 0.25) is 16.9 Å². The summed E-state index contributed by atoms with van der Waals surface area (Å²) >= 11 is 0. The molecule has 0 saturated heterocycles. The maximum atomic E-state index is 14.8. The fraction of sp³-hybridized carbons (Fsp3) is 0.111. The van der Waals surface area contributed by atoms with E-state index in [9.17, 15) is 66.8 Å². The fourth-order valence-electron chi connectivity index (χ4n) is 4.66. The van der Waals surface area contributed by atoms with Gasteiger partial charge in [-0.3, -0.25) is 40.5 Å². The van der Waals surface area contributed by atoms with Gasteiger partial charge >= 0.3 is 23.7 Å². The Morgan fingerprint density at radius 1 is 0.490 bits per heavy atom. The minimum Gasteiger partial charge on any atom is -0.448 e. The van der Waals surface area contributed by atoms with Crippen LogP contribution in [0, 0.1) is 40.5 Å². The highest BCUT2D eigenvalue weighted by molar-refractivity contribution is 5.65. The summed E-state index contributed by atoms with van der Waals surface area (Å²) in [6.45, 7) is 0. The van der Waals surface area contributed by atoms with Crippen LogP contribution in [-0.2, 0) is 5.41 Å². The van der Waals surface area contributed by atoms with Crippen LogP contribution in [-0.4, -0.2) is 32.0 Å². The van der Waals surface area contributed by atoms with Crippen molar-refractivity contribution in [1.82, 2.24) is 0 Å². The molecule has 0 saturated carbocycles. The number of halogens is 6. The number of benzene rings is 4. The molecule has 0 aromatic heterocycles. The summed E-state index contributed by atoms with van der Waals surface area (Å²) in [5.41, 5.74) is -1.40. The first kappa shape index (κ1) is 35.1. The van der Waals surface area contributed by atoms with Crippen LogP contribution in [0.3, 0.4) is 0 Å². The second kappa shape index (κ2) is 12.5. The van der Waals surface area contributed by atoms with Gasteiger partial charge in [-0.2, -0.15) is 26.3 Å². The van der Waals surface area contributed by atoms with Crippen molar-refractivity contribution in [2.75, 3.05) is 11.5 Å². The fourth-order valence-corrected chi connectivity index (χ4v) is 4.66. The minimum atomic E-state index is -6.15. The van der Waals surface area contributed by atoms with E-state index in [0.29, 0.717) is 36.4 Å². The maximum Gasteiger partial charge on any atom is 0.411 e. The van der Waals surface area contributed by atoms with Crippen molar-refractivity contribution in [1.29, 1.82) is 0 Å². The number of nitro groups is 4. The SMILES string of the molecule is Nc1cc(C(c2ccc(Oc3ccc([N+](=O)[O-])cc3[N+](=O)[O-])c(N)c2)(C(F)(F)F)C(F)(F)F)ccc1Oc1ccc([N+](=O)[O-])cc1[N+](=O)[O-]. The third kappa shape index (κ3) is 6.45. The number of nitrogens with two attached hydrogens (primary N) is 2. The molecule has 0 spiro atoms. The minimum absolute atomic E-state index is 0.258. The number of hydrogen-bond acceptors (Lipinski definition) is 12. The quantitative estimate of drug-likeness (QED) is 0.0708. The van der Waals surface area contributed by atoms with Crippen molar-refractivity contribution in [3.8, 4) is 23.0 Å². The molecule has 0 heterocycles. The zero-order valence-corrected chi connectivity index (χ0v) is 23.7. The zero-order chi connectivity index (χ0) is 36.6. The zero-order valence-electron chi connectivity index (χ0n) is 23.7. The summed E-state index contributed by atoms with van der Waals surface area (Å²) in [5, 5.41) is 44.8. The molecule has 0 aliphatic carbocycles. The molecular formula is C27H16F6N6O10. The molecule has 49 heavy (non-hydrogen) atoms. The Balaban J connectivity index is 1.82. The first-order chi connectivity index (χ1) is 22.7. The molecule has 4 rings (SSSR count). The average molecular weight is 698 g/mol. The molecule has 16 nitrogen and oxygen atoms in total. The van der Waals surface area contributed by atoms with E-state index in [1.807, 2.05) is 0 Å². The number of hydrogen-bond donors (Lipinski definition) is 2. The van der Waals surface area contributed by atoms with Gasteiger partial charge in [0.1, 0.15) is 0 Å². The number of nitro benzene ring substituents is 4. The average Bonchev–Trinajstić information content (AvgIpc) is 2.98. The molecule has 0 fully saturated rings. The molecule has 0 radical (unpaired) electrons. The Morgan fingerprint density at radius 2 is 0.816 bits per heavy atom. The second-order valence-electron chi connectivity index (χ2n) is 9.79. The number of anilines is 2. The van der Waals surface area contributed by atoms with Gasteiger partial charge in [0.15, 0.2) is 11.5 Å². The number of nitrogens with zero attached hydrogens (tertiary/aromatic N) is 4. The van der Waals surface area contributed by atoms with Gasteiger partial charge in [0.25, 0.3) is 11.4 Å². The second-order valence-corrected chi connectivity index (χ2v) is 9.79. The maximum absolute atomic E-state index is 14.8. The predicted octanol–water partition coefficient (Wildman–Crippen LogP) is 7.48. The van der Waals surface area contributed by atoms with E-state index in [4.69, 9.17) is 20.9 Å². The Bertz CT molecular complexity index is 1880. The van der Waals surface area contributed by atoms with Crippen LogP contribution in [0.5, 0.6) is 23.0 Å². The number of alkyl halides is 6.